The van der Waals surface area contributed by atoms with Crippen molar-refractivity contribution in [2.75, 3.05) is 17.7 Å². The number of carbonyl (C=O) groups excluding carboxylic acids is 1. The average Bonchev–Trinajstić information content (AvgIpc) is 3.11. The van der Waals surface area contributed by atoms with Crippen LogP contribution in [0.3, 0.4) is 0 Å². The first-order chi connectivity index (χ1) is 13.1. The van der Waals surface area contributed by atoms with Crippen LogP contribution in [0.4, 0.5) is 5.69 Å². The summed E-state index contributed by atoms with van der Waals surface area (Å²) in [5, 5.41) is 8.01. The summed E-state index contributed by atoms with van der Waals surface area (Å²) >= 11 is 7.27. The molecule has 0 aliphatic carbocycles. The topological polar surface area (TPSA) is 91.0 Å². The molecule has 1 atom stereocenters. The van der Waals surface area contributed by atoms with E-state index in [1.54, 1.807) is 28.9 Å². The second kappa shape index (κ2) is 7.71. The summed E-state index contributed by atoms with van der Waals surface area (Å²) in [6, 6.07) is 6.80. The predicted molar refractivity (Wildman–Crippen MR) is 104 cm³/mol. The third-order valence-corrected chi connectivity index (χ3v) is 5.20. The Hall–Kier alpha value is -2.36. The Bertz CT molecular complexity index is 1030. The van der Waals surface area contributed by atoms with Gasteiger partial charge >= 0.3 is 0 Å². The van der Waals surface area contributed by atoms with E-state index in [9.17, 15) is 9.59 Å². The number of benzene rings is 1. The van der Waals surface area contributed by atoms with E-state index >= 15 is 0 Å². The fraction of sp³-hybridized carbons (Fsp3) is 0.294. The highest BCUT2D eigenvalue weighted by atomic mass is 35.5. The molecule has 2 aromatic heterocycles. The monoisotopic (exact) mass is 405 g/mol. The lowest BCUT2D eigenvalue weighted by atomic mass is 10.2. The molecule has 1 N–H and O–H groups in total. The van der Waals surface area contributed by atoms with Crippen LogP contribution < -0.4 is 10.9 Å². The number of aromatic nitrogens is 4. The summed E-state index contributed by atoms with van der Waals surface area (Å²) in [6.07, 6.45) is 3.78. The molecule has 140 valence electrons. The first-order valence-electron chi connectivity index (χ1n) is 8.34. The zero-order valence-corrected chi connectivity index (χ0v) is 15.7. The number of hydrogen-bond donors (Lipinski definition) is 1. The van der Waals surface area contributed by atoms with Crippen molar-refractivity contribution in [3.63, 3.8) is 0 Å². The molecule has 8 nitrogen and oxygen atoms in total. The number of hydrogen-bond acceptors (Lipinski definition) is 6. The summed E-state index contributed by atoms with van der Waals surface area (Å²) in [6.45, 7) is 0.383. The maximum Gasteiger partial charge on any atom is 0.264 e. The Balaban J connectivity index is 1.54. The number of nitrogens with one attached hydrogen (secondary N) is 1. The zero-order valence-electron chi connectivity index (χ0n) is 14.2. The maximum absolute atomic E-state index is 12.7. The van der Waals surface area contributed by atoms with E-state index < -0.39 is 0 Å². The molecule has 1 aliphatic heterocycles. The number of nitrogens with zero attached hydrogens (tertiary/aromatic N) is 4. The summed E-state index contributed by atoms with van der Waals surface area (Å²) in [7, 11) is 0. The van der Waals surface area contributed by atoms with Gasteiger partial charge in [0.1, 0.15) is 18.3 Å². The molecule has 4 rings (SSSR count). The van der Waals surface area contributed by atoms with Gasteiger partial charge in [0.05, 0.1) is 18.8 Å². The van der Waals surface area contributed by atoms with E-state index in [1.807, 2.05) is 0 Å². The van der Waals surface area contributed by atoms with Gasteiger partial charge in [0.25, 0.3) is 5.56 Å². The van der Waals surface area contributed by atoms with E-state index in [4.69, 9.17) is 15.8 Å². The van der Waals surface area contributed by atoms with Crippen molar-refractivity contribution >= 4 is 46.3 Å². The van der Waals surface area contributed by atoms with Crippen molar-refractivity contribution in [1.29, 1.82) is 0 Å². The molecular weight excluding hydrogens is 390 g/mol. The van der Waals surface area contributed by atoms with Gasteiger partial charge in [0.2, 0.25) is 5.91 Å². The first-order valence-corrected chi connectivity index (χ1v) is 9.63. The smallest absolute Gasteiger partial charge is 0.264 e. The molecule has 0 spiro atoms. The molecule has 27 heavy (non-hydrogen) atoms. The predicted octanol–water partition coefficient (Wildman–Crippen LogP) is 2.49. The lowest BCUT2D eigenvalue weighted by Gasteiger charge is -2.21. The zero-order chi connectivity index (χ0) is 18.8. The Morgan fingerprint density at radius 3 is 2.93 bits per heavy atom. The van der Waals surface area contributed by atoms with Crippen LogP contribution in [0.15, 0.2) is 41.6 Å². The van der Waals surface area contributed by atoms with Crippen LogP contribution in [0.2, 0.25) is 5.02 Å². The molecule has 1 amide bonds. The van der Waals surface area contributed by atoms with Crippen molar-refractivity contribution in [1.82, 2.24) is 19.3 Å². The Morgan fingerprint density at radius 2 is 2.19 bits per heavy atom. The molecule has 1 saturated heterocycles. The first kappa shape index (κ1) is 18.0. The largest absolute Gasteiger partial charge is 0.325 e. The highest BCUT2D eigenvalue weighted by Gasteiger charge is 2.21. The van der Waals surface area contributed by atoms with Crippen molar-refractivity contribution in [2.24, 2.45) is 0 Å². The third-order valence-electron chi connectivity index (χ3n) is 4.25. The molecule has 0 bridgehead atoms. The molecule has 1 unspecified atom stereocenters. The van der Waals surface area contributed by atoms with Gasteiger partial charge in [0, 0.05) is 16.5 Å². The maximum atomic E-state index is 12.7. The minimum atomic E-state index is -0.328. The van der Waals surface area contributed by atoms with Gasteiger partial charge < -0.3 is 9.50 Å². The van der Waals surface area contributed by atoms with Crippen molar-refractivity contribution in [3.05, 3.63) is 52.2 Å². The summed E-state index contributed by atoms with van der Waals surface area (Å²) in [4.78, 5) is 29.3. The van der Waals surface area contributed by atoms with Gasteiger partial charge in [-0.25, -0.2) is 9.67 Å². The minimum absolute atomic E-state index is 0.0553. The van der Waals surface area contributed by atoms with Gasteiger partial charge in [-0.1, -0.05) is 11.6 Å². The van der Waals surface area contributed by atoms with E-state index in [-0.39, 0.29) is 24.1 Å². The number of rotatable bonds is 4. The Morgan fingerprint density at radius 1 is 1.37 bits per heavy atom. The Kier molecular flexibility index (Phi) is 5.15. The molecule has 1 aliphatic rings. The van der Waals surface area contributed by atoms with Gasteiger partial charge in [-0.2, -0.15) is 5.10 Å². The number of halogens is 1. The molecule has 10 heteroatoms. The van der Waals surface area contributed by atoms with Crippen LogP contribution in [-0.4, -0.2) is 37.6 Å². The highest BCUT2D eigenvalue weighted by Crippen LogP contribution is 2.25. The van der Waals surface area contributed by atoms with Crippen LogP contribution in [-0.2, 0) is 15.5 Å². The normalized spacial score (nSPS) is 17.1. The van der Waals surface area contributed by atoms with Crippen LogP contribution in [0.1, 0.15) is 12.5 Å². The van der Waals surface area contributed by atoms with E-state index in [0.717, 1.165) is 12.2 Å². The van der Waals surface area contributed by atoms with Crippen molar-refractivity contribution in [3.8, 4) is 0 Å². The van der Waals surface area contributed by atoms with E-state index in [0.29, 0.717) is 28.4 Å². The van der Waals surface area contributed by atoms with Gasteiger partial charge in [-0.05, 0) is 42.7 Å². The third kappa shape index (κ3) is 3.85. The summed E-state index contributed by atoms with van der Waals surface area (Å²) < 4.78 is 8.41. The molecule has 0 saturated carbocycles. The number of anilines is 1. The van der Waals surface area contributed by atoms with Crippen LogP contribution in [0, 0.1) is 0 Å². The van der Waals surface area contributed by atoms with Crippen molar-refractivity contribution < 1.29 is 8.98 Å². The number of amides is 1. The number of carbonyl (C=O) groups is 1. The van der Waals surface area contributed by atoms with Crippen LogP contribution in [0.25, 0.3) is 11.0 Å². The van der Waals surface area contributed by atoms with Crippen LogP contribution in [0.5, 0.6) is 0 Å². The molecule has 3 heterocycles. The number of fused-ring (bicyclic) bond motifs is 1. The fourth-order valence-electron chi connectivity index (χ4n) is 2.88. The highest BCUT2D eigenvalue weighted by molar-refractivity contribution is 7.94. The average molecular weight is 406 g/mol. The van der Waals surface area contributed by atoms with Gasteiger partial charge in [-0.3, -0.25) is 14.2 Å². The molecule has 1 aromatic carbocycles. The lowest BCUT2D eigenvalue weighted by Crippen LogP contribution is -2.28. The summed E-state index contributed by atoms with van der Waals surface area (Å²) in [5.41, 5.74) is 0.813. The van der Waals surface area contributed by atoms with E-state index in [1.165, 1.54) is 29.1 Å². The Labute approximate surface area is 163 Å². The molecule has 3 aromatic rings. The minimum Gasteiger partial charge on any atom is -0.325 e. The quantitative estimate of drug-likeness (QED) is 0.670. The molecule has 0 radical (unpaired) electrons. The second-order valence-electron chi connectivity index (χ2n) is 6.11. The second-order valence-corrected chi connectivity index (χ2v) is 7.42. The molecule has 1 fully saturated rings. The van der Waals surface area contributed by atoms with E-state index in [2.05, 4.69) is 15.4 Å². The van der Waals surface area contributed by atoms with Gasteiger partial charge in [0.15, 0.2) is 5.65 Å². The molecular formula is C17H16ClN5O3S. The van der Waals surface area contributed by atoms with Gasteiger partial charge in [-0.15, -0.1) is 0 Å². The standard InChI is InChI=1S/C17H16ClN5O3S/c18-11-1-3-12(4-2-11)21-15(24)8-22-10-19-16-14(17(22)25)7-20-23(16)13-5-6-27-26-9-13/h1-4,7,10,13H,5-6,8-9H2,(H,21,24). The summed E-state index contributed by atoms with van der Waals surface area (Å²) in [5.74, 6) is 0.541. The van der Waals surface area contributed by atoms with Crippen molar-refractivity contribution in [2.45, 2.75) is 19.0 Å². The SMILES string of the molecule is O=C(Cn1cnc2c(cnn2C2CCSOC2)c1=O)Nc1ccc(Cl)cc1. The van der Waals surface area contributed by atoms with Crippen LogP contribution >= 0.6 is 23.6 Å². The lowest BCUT2D eigenvalue weighted by molar-refractivity contribution is -0.116. The fourth-order valence-corrected chi connectivity index (χ4v) is 3.75.